The van der Waals surface area contributed by atoms with E-state index in [0.29, 0.717) is 17.4 Å². The fourth-order valence-corrected chi connectivity index (χ4v) is 6.41. The minimum atomic E-state index is -4.63. The molecule has 0 spiro atoms. The second kappa shape index (κ2) is 36.8. The molecule has 0 saturated carbocycles. The fourth-order valence-electron chi connectivity index (χ4n) is 5.68. The molecule has 0 fully saturated rings. The standard InChI is InChI=1S/C44H82NO8P/c1-6-8-10-12-14-16-18-20-22-24-26-28-30-32-34-36-43(46)50-40-42(41-52-54(48,49)51-39-38-45(3,4)5)53-44(47)37-35-33-31-29-27-25-23-21-19-17-15-13-11-9-7-2/h15-18,21,23,42H,6-14,19-20,22,24-41H2,1-5H3/b17-15-,18-16-,23-21-/t42-/m1/s1. The molecule has 0 bridgehead atoms. The summed E-state index contributed by atoms with van der Waals surface area (Å²) in [5.74, 6) is -0.855. The number of rotatable bonds is 39. The molecule has 54 heavy (non-hydrogen) atoms. The van der Waals surface area contributed by atoms with E-state index in [1.54, 1.807) is 0 Å². The summed E-state index contributed by atoms with van der Waals surface area (Å²) in [4.78, 5) is 37.5. The van der Waals surface area contributed by atoms with Crippen LogP contribution in [0.5, 0.6) is 0 Å². The van der Waals surface area contributed by atoms with Gasteiger partial charge in [0.05, 0.1) is 27.7 Å². The Labute approximate surface area is 331 Å². The van der Waals surface area contributed by atoms with E-state index in [4.69, 9.17) is 18.5 Å². The molecule has 0 radical (unpaired) electrons. The summed E-state index contributed by atoms with van der Waals surface area (Å²) < 4.78 is 33.9. The molecular formula is C44H82NO8P. The summed E-state index contributed by atoms with van der Waals surface area (Å²) in [6.07, 6.45) is 40.2. The van der Waals surface area contributed by atoms with Gasteiger partial charge in [-0.1, -0.05) is 134 Å². The zero-order chi connectivity index (χ0) is 40.0. The van der Waals surface area contributed by atoms with Gasteiger partial charge < -0.3 is 27.9 Å². The number of carbonyl (C=O) groups is 2. The number of unbranched alkanes of at least 4 members (excludes halogenated alkanes) is 19. The van der Waals surface area contributed by atoms with Crippen LogP contribution in [0.25, 0.3) is 0 Å². The molecule has 0 N–H and O–H groups in total. The normalized spacial score (nSPS) is 14.0. The Bertz CT molecular complexity index is 1020. The van der Waals surface area contributed by atoms with E-state index >= 15 is 0 Å². The number of quaternary nitrogens is 1. The van der Waals surface area contributed by atoms with Crippen molar-refractivity contribution in [2.75, 3.05) is 47.5 Å². The Morgan fingerprint density at radius 1 is 0.574 bits per heavy atom. The highest BCUT2D eigenvalue weighted by Crippen LogP contribution is 2.38. The quantitative estimate of drug-likeness (QED) is 0.0199. The van der Waals surface area contributed by atoms with Gasteiger partial charge in [-0.2, -0.15) is 0 Å². The SMILES string of the molecule is CCCCC/C=C\C/C=C\CCCCCCCC(=O)O[C@H](COC(=O)CCCCCCCCC/C=C\CCCCCC)COP(=O)([O-])OCC[N+](C)(C)C. The van der Waals surface area contributed by atoms with Crippen LogP contribution >= 0.6 is 7.82 Å². The van der Waals surface area contributed by atoms with Crippen LogP contribution in [-0.4, -0.2) is 70.0 Å². The molecule has 0 aliphatic carbocycles. The Kier molecular flexibility index (Phi) is 35.6. The molecule has 0 rings (SSSR count). The summed E-state index contributed by atoms with van der Waals surface area (Å²) in [5, 5.41) is 0. The monoisotopic (exact) mass is 784 g/mol. The number of likely N-dealkylation sites (N-methyl/N-ethyl adjacent to an activating group) is 1. The molecule has 9 nitrogen and oxygen atoms in total. The number of nitrogens with zero attached hydrogens (tertiary/aromatic N) is 1. The molecule has 316 valence electrons. The van der Waals surface area contributed by atoms with E-state index in [1.165, 1.54) is 77.0 Å². The zero-order valence-electron chi connectivity index (χ0n) is 35.4. The Hall–Kier alpha value is -1.77. The van der Waals surface area contributed by atoms with Gasteiger partial charge in [-0.15, -0.1) is 0 Å². The largest absolute Gasteiger partial charge is 0.756 e. The van der Waals surface area contributed by atoms with Crippen LogP contribution < -0.4 is 4.89 Å². The molecule has 1 unspecified atom stereocenters. The smallest absolute Gasteiger partial charge is 0.306 e. The van der Waals surface area contributed by atoms with Gasteiger partial charge >= 0.3 is 11.9 Å². The molecule has 0 aromatic carbocycles. The molecule has 0 heterocycles. The average Bonchev–Trinajstić information content (AvgIpc) is 3.12. The molecule has 2 atom stereocenters. The highest BCUT2D eigenvalue weighted by molar-refractivity contribution is 7.45. The average molecular weight is 784 g/mol. The van der Waals surface area contributed by atoms with Crippen LogP contribution in [0.3, 0.4) is 0 Å². The predicted molar refractivity (Wildman–Crippen MR) is 222 cm³/mol. The summed E-state index contributed by atoms with van der Waals surface area (Å²) in [7, 11) is 1.15. The maximum absolute atomic E-state index is 12.7. The van der Waals surface area contributed by atoms with Gasteiger partial charge in [-0.05, 0) is 70.6 Å². The zero-order valence-corrected chi connectivity index (χ0v) is 36.3. The number of hydrogen-bond donors (Lipinski definition) is 0. The van der Waals surface area contributed by atoms with E-state index in [1.807, 2.05) is 21.1 Å². The third-order valence-electron chi connectivity index (χ3n) is 9.13. The van der Waals surface area contributed by atoms with Crippen molar-refractivity contribution < 1.29 is 42.1 Å². The number of phosphoric acid groups is 1. The first-order valence-corrected chi connectivity index (χ1v) is 23.2. The summed E-state index contributed by atoms with van der Waals surface area (Å²) >= 11 is 0. The highest BCUT2D eigenvalue weighted by Gasteiger charge is 2.21. The van der Waals surface area contributed by atoms with Gasteiger partial charge in [0.2, 0.25) is 0 Å². The second-order valence-electron chi connectivity index (χ2n) is 15.7. The minimum absolute atomic E-state index is 0.0346. The number of phosphoric ester groups is 1. The van der Waals surface area contributed by atoms with Gasteiger partial charge in [0, 0.05) is 12.8 Å². The van der Waals surface area contributed by atoms with Crippen LogP contribution in [-0.2, 0) is 32.7 Å². The van der Waals surface area contributed by atoms with Crippen molar-refractivity contribution in [1.82, 2.24) is 0 Å². The number of hydrogen-bond acceptors (Lipinski definition) is 8. The number of carbonyl (C=O) groups excluding carboxylic acids is 2. The van der Waals surface area contributed by atoms with Crippen molar-refractivity contribution in [1.29, 1.82) is 0 Å². The van der Waals surface area contributed by atoms with Gasteiger partial charge in [0.15, 0.2) is 6.10 Å². The van der Waals surface area contributed by atoms with Gasteiger partial charge in [0.25, 0.3) is 7.82 Å². The van der Waals surface area contributed by atoms with Crippen LogP contribution in [0.2, 0.25) is 0 Å². The third-order valence-corrected chi connectivity index (χ3v) is 10.1. The van der Waals surface area contributed by atoms with Crippen LogP contribution in [0.15, 0.2) is 36.5 Å². The first-order valence-electron chi connectivity index (χ1n) is 21.7. The maximum atomic E-state index is 12.7. The maximum Gasteiger partial charge on any atom is 0.306 e. The highest BCUT2D eigenvalue weighted by atomic mass is 31.2. The molecule has 0 aliphatic heterocycles. The van der Waals surface area contributed by atoms with Crippen molar-refractivity contribution in [3.05, 3.63) is 36.5 Å². The number of esters is 2. The van der Waals surface area contributed by atoms with Crippen molar-refractivity contribution in [3.8, 4) is 0 Å². The fraction of sp³-hybridized carbons (Fsp3) is 0.818. The van der Waals surface area contributed by atoms with Crippen molar-refractivity contribution in [3.63, 3.8) is 0 Å². The summed E-state index contributed by atoms with van der Waals surface area (Å²) in [6.45, 7) is 4.16. The van der Waals surface area contributed by atoms with Crippen LogP contribution in [0, 0.1) is 0 Å². The van der Waals surface area contributed by atoms with Crippen molar-refractivity contribution in [2.45, 2.75) is 187 Å². The summed E-state index contributed by atoms with van der Waals surface area (Å²) in [6, 6.07) is 0. The third kappa shape index (κ3) is 39.9. The van der Waals surface area contributed by atoms with E-state index in [-0.39, 0.29) is 26.1 Å². The second-order valence-corrected chi connectivity index (χ2v) is 17.1. The molecule has 10 heteroatoms. The lowest BCUT2D eigenvalue weighted by atomic mass is 10.1. The number of ether oxygens (including phenoxy) is 2. The Balaban J connectivity index is 4.40. The Morgan fingerprint density at radius 3 is 1.52 bits per heavy atom. The number of allylic oxidation sites excluding steroid dienone is 6. The topological polar surface area (TPSA) is 111 Å². The van der Waals surface area contributed by atoms with Crippen molar-refractivity contribution >= 4 is 19.8 Å². The predicted octanol–water partition coefficient (Wildman–Crippen LogP) is 11.5. The lowest BCUT2D eigenvalue weighted by Gasteiger charge is -2.28. The lowest BCUT2D eigenvalue weighted by molar-refractivity contribution is -0.870. The molecular weight excluding hydrogens is 701 g/mol. The first-order chi connectivity index (χ1) is 26.0. The summed E-state index contributed by atoms with van der Waals surface area (Å²) in [5.41, 5.74) is 0. The molecule has 0 aliphatic rings. The lowest BCUT2D eigenvalue weighted by Crippen LogP contribution is -2.37. The first kappa shape index (κ1) is 52.2. The van der Waals surface area contributed by atoms with Gasteiger partial charge in [-0.25, -0.2) is 0 Å². The van der Waals surface area contributed by atoms with E-state index < -0.39 is 32.5 Å². The van der Waals surface area contributed by atoms with Crippen molar-refractivity contribution in [2.24, 2.45) is 0 Å². The molecule has 0 aromatic rings. The van der Waals surface area contributed by atoms with E-state index in [0.717, 1.165) is 70.6 Å². The van der Waals surface area contributed by atoms with Gasteiger partial charge in [0.1, 0.15) is 19.8 Å². The van der Waals surface area contributed by atoms with E-state index in [2.05, 4.69) is 50.3 Å². The Morgan fingerprint density at radius 2 is 1.00 bits per heavy atom. The molecule has 0 amide bonds. The molecule has 0 aromatic heterocycles. The van der Waals surface area contributed by atoms with Crippen LogP contribution in [0.4, 0.5) is 0 Å². The molecule has 0 saturated heterocycles. The van der Waals surface area contributed by atoms with Gasteiger partial charge in [-0.3, -0.25) is 14.2 Å². The van der Waals surface area contributed by atoms with Crippen LogP contribution in [0.1, 0.15) is 181 Å². The van der Waals surface area contributed by atoms with E-state index in [9.17, 15) is 19.0 Å². The minimum Gasteiger partial charge on any atom is -0.756 e.